The molecule has 0 saturated carbocycles. The number of hydrogen-bond acceptors (Lipinski definition) is 7. The fourth-order valence-corrected chi connectivity index (χ4v) is 5.18. The Bertz CT molecular complexity index is 976. The number of rotatable bonds is 33. The Morgan fingerprint density at radius 2 is 1.19 bits per heavy atom. The predicted octanol–water partition coefficient (Wildman–Crippen LogP) is 9.37. The van der Waals surface area contributed by atoms with Crippen LogP contribution in [-0.4, -0.2) is 54.3 Å². The summed E-state index contributed by atoms with van der Waals surface area (Å²) in [5.41, 5.74) is 0. The number of carbonyl (C=O) groups is 2. The fourth-order valence-electron chi connectivity index (χ4n) is 4.42. The first-order valence-corrected chi connectivity index (χ1v) is 19.8. The van der Waals surface area contributed by atoms with Crippen LogP contribution in [0.5, 0.6) is 0 Å². The van der Waals surface area contributed by atoms with Crippen LogP contribution in [0.3, 0.4) is 0 Å². The van der Waals surface area contributed by atoms with E-state index in [1.165, 1.54) is 25.7 Å². The highest BCUT2D eigenvalue weighted by Gasteiger charge is 2.23. The second-order valence-corrected chi connectivity index (χ2v) is 13.3. The van der Waals surface area contributed by atoms with Gasteiger partial charge in [-0.05, 0) is 77.0 Å². The molecule has 3 N–H and O–H groups in total. The number of aliphatic hydroxyl groups excluding tert-OH is 1. The Hall–Kier alpha value is -2.29. The summed E-state index contributed by atoms with van der Waals surface area (Å²) in [5.74, 6) is -0.575. The van der Waals surface area contributed by atoms with Crippen LogP contribution in [0.4, 0.5) is 0 Å². The number of allylic oxidation sites excluding steroid dienone is 10. The molecule has 1 amide bonds. The average molecular weight is 696 g/mol. The molecule has 9 nitrogen and oxygen atoms in total. The first-order valence-electron chi connectivity index (χ1n) is 18.3. The summed E-state index contributed by atoms with van der Waals surface area (Å²) in [5, 5.41) is 12.6. The van der Waals surface area contributed by atoms with E-state index in [9.17, 15) is 24.2 Å². The Kier molecular flexibility index (Phi) is 32.9. The minimum absolute atomic E-state index is 0.0555. The third-order valence-corrected chi connectivity index (χ3v) is 8.17. The van der Waals surface area contributed by atoms with Crippen LogP contribution in [0, 0.1) is 0 Å². The van der Waals surface area contributed by atoms with Crippen molar-refractivity contribution in [3.05, 3.63) is 60.8 Å². The predicted molar refractivity (Wildman–Crippen MR) is 196 cm³/mol. The maximum Gasteiger partial charge on any atom is 0.472 e. The minimum Gasteiger partial charge on any atom is -0.463 e. The average Bonchev–Trinajstić information content (AvgIpc) is 3.07. The summed E-state index contributed by atoms with van der Waals surface area (Å²) in [6.45, 7) is 3.31. The first-order chi connectivity index (χ1) is 23.3. The molecule has 0 aromatic heterocycles. The highest BCUT2D eigenvalue weighted by molar-refractivity contribution is 7.47. The largest absolute Gasteiger partial charge is 0.472 e. The van der Waals surface area contributed by atoms with Crippen molar-refractivity contribution in [1.29, 1.82) is 0 Å². The Morgan fingerprint density at radius 3 is 1.83 bits per heavy atom. The van der Waals surface area contributed by atoms with Crippen molar-refractivity contribution in [3.8, 4) is 0 Å². The van der Waals surface area contributed by atoms with E-state index in [2.05, 4.69) is 79.9 Å². The van der Waals surface area contributed by atoms with E-state index in [-0.39, 0.29) is 32.1 Å². The number of amides is 1. The van der Waals surface area contributed by atoms with E-state index in [1.807, 2.05) is 0 Å². The zero-order chi connectivity index (χ0) is 35.4. The Labute approximate surface area is 291 Å². The molecule has 0 saturated heterocycles. The van der Waals surface area contributed by atoms with E-state index >= 15 is 0 Å². The molecule has 0 aliphatic carbocycles. The first kappa shape index (κ1) is 45.7. The number of unbranched alkanes of at least 4 members (excludes halogenated alkanes) is 10. The van der Waals surface area contributed by atoms with E-state index in [1.54, 1.807) is 0 Å². The smallest absolute Gasteiger partial charge is 0.463 e. The van der Waals surface area contributed by atoms with Crippen molar-refractivity contribution in [3.63, 3.8) is 0 Å². The summed E-state index contributed by atoms with van der Waals surface area (Å²) in [6.07, 6.45) is 38.7. The lowest BCUT2D eigenvalue weighted by Gasteiger charge is -2.15. The van der Waals surface area contributed by atoms with Gasteiger partial charge in [-0.1, -0.05) is 107 Å². The summed E-state index contributed by atoms with van der Waals surface area (Å²) >= 11 is 0. The van der Waals surface area contributed by atoms with Gasteiger partial charge >= 0.3 is 13.8 Å². The Morgan fingerprint density at radius 1 is 0.667 bits per heavy atom. The lowest BCUT2D eigenvalue weighted by Crippen LogP contribution is -2.27. The maximum atomic E-state index is 12.0. The topological polar surface area (TPSA) is 131 Å². The molecule has 0 radical (unpaired) electrons. The SMILES string of the molecule is CC/C=C\C/C=C\C/C=C\C/C=C\CCCCC(=O)NCCOP(=O)(O)OCC(O)COC(=O)CCCCCCC/C=C\CCCCC. The third-order valence-electron chi connectivity index (χ3n) is 7.18. The van der Waals surface area contributed by atoms with Crippen molar-refractivity contribution in [1.82, 2.24) is 5.32 Å². The van der Waals surface area contributed by atoms with E-state index in [0.29, 0.717) is 6.42 Å². The van der Waals surface area contributed by atoms with Gasteiger partial charge in [-0.3, -0.25) is 18.6 Å². The molecule has 0 aliphatic heterocycles. The summed E-state index contributed by atoms with van der Waals surface area (Å²) in [7, 11) is -4.42. The van der Waals surface area contributed by atoms with Crippen molar-refractivity contribution in [2.45, 2.75) is 142 Å². The van der Waals surface area contributed by atoms with Gasteiger partial charge in [-0.25, -0.2) is 4.57 Å². The number of aliphatic hydroxyl groups is 1. The summed E-state index contributed by atoms with van der Waals surface area (Å²) in [6, 6.07) is 0. The van der Waals surface area contributed by atoms with Crippen LogP contribution in [-0.2, 0) is 27.9 Å². The molecule has 2 atom stereocenters. The molecule has 0 heterocycles. The summed E-state index contributed by atoms with van der Waals surface area (Å²) < 4.78 is 26.7. The van der Waals surface area contributed by atoms with Crippen LogP contribution < -0.4 is 5.32 Å². The number of phosphoric acid groups is 1. The van der Waals surface area contributed by atoms with Gasteiger partial charge in [0.2, 0.25) is 5.91 Å². The van der Waals surface area contributed by atoms with Gasteiger partial charge < -0.3 is 20.1 Å². The minimum atomic E-state index is -4.42. The lowest BCUT2D eigenvalue weighted by molar-refractivity contribution is -0.147. The second-order valence-electron chi connectivity index (χ2n) is 11.8. The highest BCUT2D eigenvalue weighted by Crippen LogP contribution is 2.42. The zero-order valence-corrected chi connectivity index (χ0v) is 30.8. The molecule has 48 heavy (non-hydrogen) atoms. The third kappa shape index (κ3) is 35.0. The van der Waals surface area contributed by atoms with Gasteiger partial charge in [-0.15, -0.1) is 0 Å². The van der Waals surface area contributed by atoms with Crippen molar-refractivity contribution in [2.24, 2.45) is 0 Å². The van der Waals surface area contributed by atoms with Crippen LogP contribution >= 0.6 is 7.82 Å². The maximum absolute atomic E-state index is 12.0. The fraction of sp³-hybridized carbons (Fsp3) is 0.684. The van der Waals surface area contributed by atoms with Gasteiger partial charge in [-0.2, -0.15) is 0 Å². The normalized spacial score (nSPS) is 14.2. The van der Waals surface area contributed by atoms with Crippen molar-refractivity contribution >= 4 is 19.7 Å². The van der Waals surface area contributed by atoms with Gasteiger partial charge in [0.25, 0.3) is 0 Å². The molecule has 0 aromatic rings. The van der Waals surface area contributed by atoms with E-state index in [4.69, 9.17) is 13.8 Å². The summed E-state index contributed by atoms with van der Waals surface area (Å²) in [4.78, 5) is 33.7. The van der Waals surface area contributed by atoms with Crippen LogP contribution in [0.15, 0.2) is 60.8 Å². The van der Waals surface area contributed by atoms with Crippen molar-refractivity contribution in [2.75, 3.05) is 26.4 Å². The molecule has 0 aromatic carbocycles. The molecule has 276 valence electrons. The molecule has 10 heteroatoms. The number of phosphoric ester groups is 1. The van der Waals surface area contributed by atoms with Gasteiger partial charge in [0, 0.05) is 19.4 Å². The van der Waals surface area contributed by atoms with Gasteiger partial charge in [0.05, 0.1) is 13.2 Å². The highest BCUT2D eigenvalue weighted by atomic mass is 31.2. The molecule has 0 spiro atoms. The zero-order valence-electron chi connectivity index (χ0n) is 29.9. The number of nitrogens with one attached hydrogen (secondary N) is 1. The van der Waals surface area contributed by atoms with Crippen molar-refractivity contribution < 1.29 is 37.9 Å². The molecule has 0 aliphatic rings. The number of hydrogen-bond donors (Lipinski definition) is 3. The quantitative estimate of drug-likeness (QED) is 0.0268. The van der Waals surface area contributed by atoms with Gasteiger partial charge in [0.1, 0.15) is 12.7 Å². The molecular formula is C38H66NO8P. The number of esters is 1. The lowest BCUT2D eigenvalue weighted by atomic mass is 10.1. The standard InChI is InChI=1S/C38H66NO8P/c1-3-5-7-9-11-13-15-17-18-19-20-22-24-26-28-30-37(41)39-32-33-46-48(43,44)47-35-36(40)34-45-38(42)31-29-27-25-23-21-16-14-12-10-8-6-4-2/h5,7,11-14,17-18,20,22,36,40H,3-4,6,8-10,15-16,19,21,23-35H2,1-2H3,(H,39,41)(H,43,44)/b7-5-,13-11-,14-12-,18-17-,22-20-. The number of ether oxygens (including phenoxy) is 1. The van der Waals surface area contributed by atoms with Crippen LogP contribution in [0.2, 0.25) is 0 Å². The van der Waals surface area contributed by atoms with Crippen LogP contribution in [0.25, 0.3) is 0 Å². The molecule has 2 unspecified atom stereocenters. The molecule has 0 bridgehead atoms. The van der Waals surface area contributed by atoms with E-state index in [0.717, 1.165) is 83.5 Å². The van der Waals surface area contributed by atoms with E-state index < -0.39 is 26.5 Å². The van der Waals surface area contributed by atoms with Crippen LogP contribution in [0.1, 0.15) is 136 Å². The molecule has 0 rings (SSSR count). The number of carbonyl (C=O) groups excluding carboxylic acids is 2. The van der Waals surface area contributed by atoms with Gasteiger partial charge in [0.15, 0.2) is 0 Å². The second kappa shape index (κ2) is 34.6. The molecular weight excluding hydrogens is 629 g/mol. The molecule has 0 fully saturated rings. The Balaban J connectivity index is 3.73. The monoisotopic (exact) mass is 695 g/mol.